The third-order valence-electron chi connectivity index (χ3n) is 3.53. The number of halogens is 2. The maximum atomic E-state index is 13.7. The van der Waals surface area contributed by atoms with Gasteiger partial charge in [-0.2, -0.15) is 5.26 Å². The third kappa shape index (κ3) is 3.65. The molecule has 0 saturated heterocycles. The van der Waals surface area contributed by atoms with E-state index in [0.717, 1.165) is 12.1 Å². The van der Waals surface area contributed by atoms with E-state index in [1.54, 1.807) is 24.3 Å². The highest BCUT2D eigenvalue weighted by molar-refractivity contribution is 6.04. The molecule has 26 heavy (non-hydrogen) atoms. The number of anilines is 3. The van der Waals surface area contributed by atoms with Crippen molar-refractivity contribution in [1.29, 1.82) is 5.26 Å². The normalized spacial score (nSPS) is 10.0. The molecule has 0 saturated carbocycles. The molecular weight excluding hydrogens is 338 g/mol. The van der Waals surface area contributed by atoms with Crippen LogP contribution in [0.2, 0.25) is 0 Å². The van der Waals surface area contributed by atoms with Gasteiger partial charge in [-0.1, -0.05) is 18.2 Å². The second kappa shape index (κ2) is 7.40. The first-order valence-corrected chi connectivity index (χ1v) is 7.56. The number of pyridine rings is 1. The number of amides is 1. The van der Waals surface area contributed by atoms with Crippen molar-refractivity contribution >= 4 is 23.1 Å². The van der Waals surface area contributed by atoms with E-state index in [1.165, 1.54) is 24.4 Å². The predicted octanol–water partition coefficient (Wildman–Crippen LogP) is 4.23. The maximum absolute atomic E-state index is 13.7. The summed E-state index contributed by atoms with van der Waals surface area (Å²) in [5.41, 5.74) is 0.580. The average molecular weight is 350 g/mol. The van der Waals surface area contributed by atoms with Crippen molar-refractivity contribution in [1.82, 2.24) is 4.98 Å². The Balaban J connectivity index is 1.83. The summed E-state index contributed by atoms with van der Waals surface area (Å²) >= 11 is 0. The largest absolute Gasteiger partial charge is 0.339 e. The fraction of sp³-hybridized carbons (Fsp3) is 0. The Morgan fingerprint density at radius 2 is 1.77 bits per heavy atom. The van der Waals surface area contributed by atoms with E-state index in [9.17, 15) is 13.6 Å². The van der Waals surface area contributed by atoms with Crippen LogP contribution in [0.1, 0.15) is 15.9 Å². The first-order chi connectivity index (χ1) is 12.6. The van der Waals surface area contributed by atoms with Crippen LogP contribution < -0.4 is 10.6 Å². The van der Waals surface area contributed by atoms with Crippen LogP contribution in [0.3, 0.4) is 0 Å². The summed E-state index contributed by atoms with van der Waals surface area (Å²) in [6, 6.07) is 15.0. The van der Waals surface area contributed by atoms with E-state index < -0.39 is 23.2 Å². The van der Waals surface area contributed by atoms with Crippen LogP contribution in [0.5, 0.6) is 0 Å². The highest BCUT2D eigenvalue weighted by Gasteiger charge is 2.14. The summed E-state index contributed by atoms with van der Waals surface area (Å²) in [5.74, 6) is -2.11. The highest BCUT2D eigenvalue weighted by Crippen LogP contribution is 2.21. The Bertz CT molecular complexity index is 994. The number of nitrogens with one attached hydrogen (secondary N) is 2. The number of aromatic nitrogens is 1. The predicted molar refractivity (Wildman–Crippen MR) is 93.0 cm³/mol. The number of hydrogen-bond acceptors (Lipinski definition) is 4. The molecular formula is C19H12F2N4O. The molecule has 0 atom stereocenters. The van der Waals surface area contributed by atoms with Crippen LogP contribution in [0, 0.1) is 23.0 Å². The maximum Gasteiger partial charge on any atom is 0.256 e. The zero-order valence-electron chi connectivity index (χ0n) is 13.3. The molecule has 0 bridgehead atoms. The number of carbonyl (C=O) groups is 1. The smallest absolute Gasteiger partial charge is 0.256 e. The number of hydrogen-bond donors (Lipinski definition) is 2. The van der Waals surface area contributed by atoms with E-state index in [0.29, 0.717) is 17.1 Å². The fourth-order valence-corrected chi connectivity index (χ4v) is 2.27. The van der Waals surface area contributed by atoms with Crippen molar-refractivity contribution in [2.45, 2.75) is 0 Å². The van der Waals surface area contributed by atoms with Gasteiger partial charge in [-0.3, -0.25) is 4.79 Å². The molecule has 5 nitrogen and oxygen atoms in total. The first-order valence-electron chi connectivity index (χ1n) is 7.56. The van der Waals surface area contributed by atoms with Gasteiger partial charge in [0.2, 0.25) is 0 Å². The number of nitriles is 1. The van der Waals surface area contributed by atoms with Crippen molar-refractivity contribution < 1.29 is 13.6 Å². The van der Waals surface area contributed by atoms with Gasteiger partial charge in [0.15, 0.2) is 0 Å². The number of para-hydroxylation sites is 2. The highest BCUT2D eigenvalue weighted by atomic mass is 19.1. The minimum absolute atomic E-state index is 0.152. The van der Waals surface area contributed by atoms with Crippen LogP contribution in [-0.2, 0) is 0 Å². The van der Waals surface area contributed by atoms with Crippen LogP contribution in [0.15, 0.2) is 60.8 Å². The summed E-state index contributed by atoms with van der Waals surface area (Å²) < 4.78 is 27.3. The lowest BCUT2D eigenvalue weighted by atomic mass is 10.2. The van der Waals surface area contributed by atoms with Crippen LogP contribution in [0.4, 0.5) is 26.0 Å². The number of nitrogens with zero attached hydrogens (tertiary/aromatic N) is 2. The molecule has 1 amide bonds. The SMILES string of the molecule is N#Cc1ccccc1Nc1cc(C(=O)Nc2c(F)cccc2F)ccn1. The van der Waals surface area contributed by atoms with Gasteiger partial charge < -0.3 is 10.6 Å². The minimum atomic E-state index is -0.867. The first kappa shape index (κ1) is 17.0. The fourth-order valence-electron chi connectivity index (χ4n) is 2.27. The lowest BCUT2D eigenvalue weighted by molar-refractivity contribution is 0.102. The van der Waals surface area contributed by atoms with Gasteiger partial charge in [0.25, 0.3) is 5.91 Å². The molecule has 3 aromatic rings. The molecule has 0 radical (unpaired) electrons. The quantitative estimate of drug-likeness (QED) is 0.738. The lowest BCUT2D eigenvalue weighted by Crippen LogP contribution is -2.14. The topological polar surface area (TPSA) is 77.8 Å². The van der Waals surface area contributed by atoms with Gasteiger partial charge >= 0.3 is 0 Å². The Hall–Kier alpha value is -3.79. The van der Waals surface area contributed by atoms with Crippen molar-refractivity contribution in [3.05, 3.63) is 83.6 Å². The molecule has 1 aromatic heterocycles. The molecule has 1 heterocycles. The standard InChI is InChI=1S/C19H12F2N4O/c20-14-5-3-6-15(21)18(14)25-19(26)12-8-9-23-17(10-12)24-16-7-2-1-4-13(16)11-22/h1-10H,(H,23,24)(H,25,26). The van der Waals surface area contributed by atoms with Gasteiger partial charge in [0, 0.05) is 11.8 Å². The third-order valence-corrected chi connectivity index (χ3v) is 3.53. The summed E-state index contributed by atoms with van der Waals surface area (Å²) in [7, 11) is 0. The second-order valence-corrected chi connectivity index (χ2v) is 5.26. The molecule has 0 aliphatic rings. The van der Waals surface area contributed by atoms with Gasteiger partial charge in [-0.25, -0.2) is 13.8 Å². The van der Waals surface area contributed by atoms with Crippen molar-refractivity contribution in [2.75, 3.05) is 10.6 Å². The summed E-state index contributed by atoms with van der Waals surface area (Å²) in [4.78, 5) is 16.4. The molecule has 2 aromatic carbocycles. The van der Waals surface area contributed by atoms with E-state index in [2.05, 4.69) is 15.6 Å². The van der Waals surface area contributed by atoms with Crippen LogP contribution in [-0.4, -0.2) is 10.9 Å². The molecule has 0 fully saturated rings. The number of benzene rings is 2. The van der Waals surface area contributed by atoms with Gasteiger partial charge in [-0.05, 0) is 36.4 Å². The Kier molecular flexibility index (Phi) is 4.85. The van der Waals surface area contributed by atoms with Crippen molar-refractivity contribution in [3.63, 3.8) is 0 Å². The zero-order chi connectivity index (χ0) is 18.5. The monoisotopic (exact) mass is 350 g/mol. The zero-order valence-corrected chi connectivity index (χ0v) is 13.3. The van der Waals surface area contributed by atoms with Crippen molar-refractivity contribution in [2.24, 2.45) is 0 Å². The summed E-state index contributed by atoms with van der Waals surface area (Å²) in [6.07, 6.45) is 1.38. The average Bonchev–Trinajstić information content (AvgIpc) is 2.65. The lowest BCUT2D eigenvalue weighted by Gasteiger charge is -2.10. The Morgan fingerprint density at radius 3 is 2.50 bits per heavy atom. The summed E-state index contributed by atoms with van der Waals surface area (Å²) in [5, 5.41) is 14.3. The minimum Gasteiger partial charge on any atom is -0.339 e. The molecule has 0 spiro atoms. The van der Waals surface area contributed by atoms with Crippen LogP contribution >= 0.6 is 0 Å². The molecule has 7 heteroatoms. The molecule has 0 unspecified atom stereocenters. The van der Waals surface area contributed by atoms with E-state index in [4.69, 9.17) is 5.26 Å². The van der Waals surface area contributed by atoms with Crippen LogP contribution in [0.25, 0.3) is 0 Å². The van der Waals surface area contributed by atoms with E-state index in [-0.39, 0.29) is 5.56 Å². The molecule has 0 aliphatic heterocycles. The van der Waals surface area contributed by atoms with E-state index in [1.807, 2.05) is 6.07 Å². The Morgan fingerprint density at radius 1 is 1.04 bits per heavy atom. The van der Waals surface area contributed by atoms with Gasteiger partial charge in [-0.15, -0.1) is 0 Å². The molecule has 2 N–H and O–H groups in total. The van der Waals surface area contributed by atoms with Gasteiger partial charge in [0.1, 0.15) is 29.2 Å². The summed E-state index contributed by atoms with van der Waals surface area (Å²) in [6.45, 7) is 0. The number of carbonyl (C=O) groups excluding carboxylic acids is 1. The van der Waals surface area contributed by atoms with E-state index >= 15 is 0 Å². The number of rotatable bonds is 4. The Labute approximate surface area is 147 Å². The molecule has 128 valence electrons. The molecule has 3 rings (SSSR count). The second-order valence-electron chi connectivity index (χ2n) is 5.26. The molecule has 0 aliphatic carbocycles. The van der Waals surface area contributed by atoms with Gasteiger partial charge in [0.05, 0.1) is 11.3 Å². The van der Waals surface area contributed by atoms with Crippen molar-refractivity contribution in [3.8, 4) is 6.07 Å².